The maximum absolute atomic E-state index is 11.1. The Morgan fingerprint density at radius 2 is 2.05 bits per heavy atom. The van der Waals surface area contributed by atoms with Crippen LogP contribution >= 0.6 is 11.8 Å². The molecule has 106 valence electrons. The van der Waals surface area contributed by atoms with Crippen molar-refractivity contribution in [1.82, 2.24) is 15.0 Å². The Morgan fingerprint density at radius 3 is 2.65 bits per heavy atom. The normalized spacial score (nSPS) is 10.9. The third-order valence-corrected chi connectivity index (χ3v) is 3.83. The van der Waals surface area contributed by atoms with Crippen LogP contribution < -0.4 is 0 Å². The minimum atomic E-state index is -1.02. The predicted octanol–water partition coefficient (Wildman–Crippen LogP) is 2.89. The van der Waals surface area contributed by atoms with Gasteiger partial charge in [-0.05, 0) is 18.1 Å². The number of aryl methyl sites for hydroxylation is 1. The van der Waals surface area contributed by atoms with Crippen molar-refractivity contribution in [2.24, 2.45) is 0 Å². The molecule has 1 aromatic carbocycles. The molecule has 2 aromatic rings. The molecule has 0 unspecified atom stereocenters. The Morgan fingerprint density at radius 1 is 1.35 bits per heavy atom. The van der Waals surface area contributed by atoms with Crippen LogP contribution in [0.25, 0.3) is 0 Å². The standard InChI is InChI=1S/C14H17N3O2S/c1-10(2)13-12(14(18)19)15-16-17(13)8-9-20-11-6-4-3-5-7-11/h3-7,10H,8-9H2,1-2H3,(H,18,19). The van der Waals surface area contributed by atoms with Gasteiger partial charge in [0, 0.05) is 10.6 Å². The van der Waals surface area contributed by atoms with Crippen LogP contribution in [0.4, 0.5) is 0 Å². The molecule has 0 aliphatic carbocycles. The van der Waals surface area contributed by atoms with Crippen molar-refractivity contribution in [3.8, 4) is 0 Å². The van der Waals surface area contributed by atoms with Crippen molar-refractivity contribution in [1.29, 1.82) is 0 Å². The Labute approximate surface area is 122 Å². The summed E-state index contributed by atoms with van der Waals surface area (Å²) in [5.41, 5.74) is 0.746. The molecule has 6 heteroatoms. The van der Waals surface area contributed by atoms with E-state index in [2.05, 4.69) is 22.4 Å². The van der Waals surface area contributed by atoms with Crippen LogP contribution in [0.1, 0.15) is 35.9 Å². The van der Waals surface area contributed by atoms with E-state index in [1.807, 2.05) is 32.0 Å². The lowest BCUT2D eigenvalue weighted by Crippen LogP contribution is -2.11. The monoisotopic (exact) mass is 291 g/mol. The first-order chi connectivity index (χ1) is 9.59. The van der Waals surface area contributed by atoms with E-state index >= 15 is 0 Å². The zero-order valence-electron chi connectivity index (χ0n) is 11.5. The van der Waals surface area contributed by atoms with Crippen LogP contribution in [0.2, 0.25) is 0 Å². The highest BCUT2D eigenvalue weighted by molar-refractivity contribution is 7.99. The summed E-state index contributed by atoms with van der Waals surface area (Å²) in [6.07, 6.45) is 0. The van der Waals surface area contributed by atoms with E-state index in [0.717, 1.165) is 5.75 Å². The average molecular weight is 291 g/mol. The van der Waals surface area contributed by atoms with Crippen molar-refractivity contribution >= 4 is 17.7 Å². The summed E-state index contributed by atoms with van der Waals surface area (Å²) in [7, 11) is 0. The molecule has 0 spiro atoms. The third kappa shape index (κ3) is 3.39. The second-order valence-electron chi connectivity index (χ2n) is 4.67. The fraction of sp³-hybridized carbons (Fsp3) is 0.357. The van der Waals surface area contributed by atoms with Gasteiger partial charge in [-0.1, -0.05) is 37.3 Å². The quantitative estimate of drug-likeness (QED) is 0.829. The van der Waals surface area contributed by atoms with Gasteiger partial charge < -0.3 is 5.11 Å². The molecule has 0 bridgehead atoms. The van der Waals surface area contributed by atoms with Gasteiger partial charge in [0.2, 0.25) is 0 Å². The minimum Gasteiger partial charge on any atom is -0.476 e. The molecule has 0 atom stereocenters. The van der Waals surface area contributed by atoms with Crippen LogP contribution in [0, 0.1) is 0 Å². The van der Waals surface area contributed by atoms with Gasteiger partial charge in [-0.15, -0.1) is 16.9 Å². The number of aromatic nitrogens is 3. The number of aromatic carboxylic acids is 1. The number of thioether (sulfide) groups is 1. The lowest BCUT2D eigenvalue weighted by Gasteiger charge is -2.09. The first kappa shape index (κ1) is 14.6. The van der Waals surface area contributed by atoms with E-state index in [-0.39, 0.29) is 11.6 Å². The molecule has 20 heavy (non-hydrogen) atoms. The number of hydrogen-bond donors (Lipinski definition) is 1. The highest BCUT2D eigenvalue weighted by atomic mass is 32.2. The molecule has 5 nitrogen and oxygen atoms in total. The van der Waals surface area contributed by atoms with Gasteiger partial charge in [0.05, 0.1) is 12.2 Å². The van der Waals surface area contributed by atoms with Crippen LogP contribution in [0.15, 0.2) is 35.2 Å². The number of hydrogen-bond acceptors (Lipinski definition) is 4. The molecule has 0 aliphatic heterocycles. The molecular formula is C14H17N3O2S. The molecule has 2 rings (SSSR count). The molecule has 0 radical (unpaired) electrons. The number of carboxylic acids is 1. The SMILES string of the molecule is CC(C)c1c(C(=O)O)nnn1CCSc1ccccc1. The zero-order valence-corrected chi connectivity index (χ0v) is 12.3. The smallest absolute Gasteiger partial charge is 0.358 e. The Bertz CT molecular complexity index is 581. The van der Waals surface area contributed by atoms with Crippen molar-refractivity contribution in [3.05, 3.63) is 41.7 Å². The highest BCUT2D eigenvalue weighted by Crippen LogP contribution is 2.20. The second kappa shape index (κ2) is 6.56. The van der Waals surface area contributed by atoms with Crippen molar-refractivity contribution in [2.75, 3.05) is 5.75 Å². The van der Waals surface area contributed by atoms with Crippen LogP contribution in [-0.2, 0) is 6.54 Å². The van der Waals surface area contributed by atoms with Crippen LogP contribution in [0.5, 0.6) is 0 Å². The largest absolute Gasteiger partial charge is 0.476 e. The van der Waals surface area contributed by atoms with E-state index in [1.165, 1.54) is 4.90 Å². The van der Waals surface area contributed by atoms with E-state index in [9.17, 15) is 4.79 Å². The molecule has 1 aromatic heterocycles. The number of carbonyl (C=O) groups is 1. The minimum absolute atomic E-state index is 0.0599. The van der Waals surface area contributed by atoms with E-state index in [1.54, 1.807) is 16.4 Å². The second-order valence-corrected chi connectivity index (χ2v) is 5.84. The summed E-state index contributed by atoms with van der Waals surface area (Å²) in [6, 6.07) is 10.1. The van der Waals surface area contributed by atoms with Gasteiger partial charge in [-0.3, -0.25) is 0 Å². The van der Waals surface area contributed by atoms with Gasteiger partial charge in [-0.2, -0.15) is 0 Å². The predicted molar refractivity (Wildman–Crippen MR) is 78.2 cm³/mol. The first-order valence-electron chi connectivity index (χ1n) is 6.44. The van der Waals surface area contributed by atoms with Crippen LogP contribution in [0.3, 0.4) is 0 Å². The summed E-state index contributed by atoms with van der Waals surface area (Å²) < 4.78 is 1.70. The number of rotatable bonds is 6. The molecule has 0 saturated carbocycles. The van der Waals surface area contributed by atoms with Crippen molar-refractivity contribution in [2.45, 2.75) is 31.2 Å². The van der Waals surface area contributed by atoms with Gasteiger partial charge in [-0.25, -0.2) is 9.48 Å². The first-order valence-corrected chi connectivity index (χ1v) is 7.42. The molecule has 0 amide bonds. The van der Waals surface area contributed by atoms with Crippen molar-refractivity contribution in [3.63, 3.8) is 0 Å². The van der Waals surface area contributed by atoms with Gasteiger partial charge >= 0.3 is 5.97 Å². The number of carboxylic acid groups (broad SMARTS) is 1. The molecule has 1 heterocycles. The fourth-order valence-electron chi connectivity index (χ4n) is 1.98. The number of benzene rings is 1. The average Bonchev–Trinajstić information content (AvgIpc) is 2.84. The maximum atomic E-state index is 11.1. The Hall–Kier alpha value is -1.82. The molecular weight excluding hydrogens is 274 g/mol. The Balaban J connectivity index is 2.04. The lowest BCUT2D eigenvalue weighted by molar-refractivity contribution is 0.0688. The Kier molecular flexibility index (Phi) is 4.79. The summed E-state index contributed by atoms with van der Waals surface area (Å²) in [4.78, 5) is 12.3. The van der Waals surface area contributed by atoms with Crippen LogP contribution in [-0.4, -0.2) is 31.8 Å². The summed E-state index contributed by atoms with van der Waals surface area (Å²) in [5, 5.41) is 16.8. The highest BCUT2D eigenvalue weighted by Gasteiger charge is 2.21. The third-order valence-electron chi connectivity index (χ3n) is 2.84. The molecule has 0 saturated heterocycles. The van der Waals surface area contributed by atoms with Gasteiger partial charge in [0.15, 0.2) is 5.69 Å². The maximum Gasteiger partial charge on any atom is 0.358 e. The fourth-order valence-corrected chi connectivity index (χ4v) is 2.83. The van der Waals surface area contributed by atoms with E-state index in [4.69, 9.17) is 5.11 Å². The zero-order chi connectivity index (χ0) is 14.5. The molecule has 0 fully saturated rings. The topological polar surface area (TPSA) is 68.0 Å². The summed E-state index contributed by atoms with van der Waals surface area (Å²) in [6.45, 7) is 4.55. The lowest BCUT2D eigenvalue weighted by atomic mass is 10.1. The van der Waals surface area contributed by atoms with Crippen molar-refractivity contribution < 1.29 is 9.90 Å². The summed E-state index contributed by atoms with van der Waals surface area (Å²) >= 11 is 1.72. The van der Waals surface area contributed by atoms with Gasteiger partial charge in [0.25, 0.3) is 0 Å². The van der Waals surface area contributed by atoms with E-state index < -0.39 is 5.97 Å². The van der Waals surface area contributed by atoms with Gasteiger partial charge in [0.1, 0.15) is 0 Å². The molecule has 1 N–H and O–H groups in total. The number of nitrogens with zero attached hydrogens (tertiary/aromatic N) is 3. The van der Waals surface area contributed by atoms with E-state index in [0.29, 0.717) is 12.2 Å². The summed E-state index contributed by atoms with van der Waals surface area (Å²) in [5.74, 6) is -0.111. The molecule has 0 aliphatic rings.